The number of fused-ring (bicyclic) bond motifs is 2. The van der Waals surface area contributed by atoms with Crippen LogP contribution in [-0.2, 0) is 23.8 Å². The largest absolute Gasteiger partial charge is 0.490 e. The van der Waals surface area contributed by atoms with Gasteiger partial charge in [-0.3, -0.25) is 0 Å². The van der Waals surface area contributed by atoms with E-state index >= 15 is 0 Å². The molecule has 1 aromatic heterocycles. The SMILES string of the molecule is CCOC(=O)c1c(C)oc2ccc(OC3Cc4ccc(C(F)(F)F)cc4C3)cc12. The summed E-state index contributed by atoms with van der Waals surface area (Å²) < 4.78 is 55.5. The van der Waals surface area contributed by atoms with Crippen LogP contribution in [0.3, 0.4) is 0 Å². The van der Waals surface area contributed by atoms with Crippen molar-refractivity contribution in [3.05, 3.63) is 64.4 Å². The molecule has 0 saturated carbocycles. The maximum Gasteiger partial charge on any atom is 0.416 e. The monoisotopic (exact) mass is 404 g/mol. The first-order valence-electron chi connectivity index (χ1n) is 9.32. The third-order valence-corrected chi connectivity index (χ3v) is 5.05. The molecule has 0 N–H and O–H groups in total. The molecule has 4 rings (SSSR count). The zero-order chi connectivity index (χ0) is 20.8. The lowest BCUT2D eigenvalue weighted by molar-refractivity contribution is -0.137. The van der Waals surface area contributed by atoms with Gasteiger partial charge in [0.25, 0.3) is 0 Å². The van der Waals surface area contributed by atoms with Crippen LogP contribution in [-0.4, -0.2) is 18.7 Å². The quantitative estimate of drug-likeness (QED) is 0.540. The Balaban J connectivity index is 1.57. The van der Waals surface area contributed by atoms with Gasteiger partial charge in [-0.15, -0.1) is 0 Å². The van der Waals surface area contributed by atoms with Gasteiger partial charge in [-0.2, -0.15) is 13.2 Å². The second-order valence-electron chi connectivity index (χ2n) is 7.04. The van der Waals surface area contributed by atoms with Crippen molar-refractivity contribution in [1.82, 2.24) is 0 Å². The van der Waals surface area contributed by atoms with E-state index in [-0.39, 0.29) is 12.7 Å². The van der Waals surface area contributed by atoms with Crippen molar-refractivity contribution in [2.75, 3.05) is 6.61 Å². The number of aryl methyl sites for hydroxylation is 1. The maximum absolute atomic E-state index is 12.9. The second-order valence-corrected chi connectivity index (χ2v) is 7.04. The van der Waals surface area contributed by atoms with Crippen LogP contribution < -0.4 is 4.74 Å². The minimum Gasteiger partial charge on any atom is -0.490 e. The minimum atomic E-state index is -4.36. The number of hydrogen-bond acceptors (Lipinski definition) is 4. The molecule has 2 aromatic carbocycles. The van der Waals surface area contributed by atoms with Crippen LogP contribution in [0.5, 0.6) is 5.75 Å². The summed E-state index contributed by atoms with van der Waals surface area (Å²) in [6.45, 7) is 3.67. The average molecular weight is 404 g/mol. The molecule has 0 fully saturated rings. The Morgan fingerprint density at radius 2 is 1.90 bits per heavy atom. The van der Waals surface area contributed by atoms with E-state index in [0.717, 1.165) is 11.6 Å². The topological polar surface area (TPSA) is 48.7 Å². The van der Waals surface area contributed by atoms with Crippen LogP contribution in [0.25, 0.3) is 11.0 Å². The molecular formula is C22H19F3O4. The van der Waals surface area contributed by atoms with Crippen LogP contribution >= 0.6 is 0 Å². The molecule has 3 aromatic rings. The molecule has 29 heavy (non-hydrogen) atoms. The molecular weight excluding hydrogens is 385 g/mol. The summed E-state index contributed by atoms with van der Waals surface area (Å²) in [6.07, 6.45) is -3.71. The molecule has 0 saturated heterocycles. The van der Waals surface area contributed by atoms with E-state index in [0.29, 0.717) is 46.4 Å². The van der Waals surface area contributed by atoms with Crippen molar-refractivity contribution in [3.63, 3.8) is 0 Å². The lowest BCUT2D eigenvalue weighted by Crippen LogP contribution is -2.16. The second kappa shape index (κ2) is 7.13. The number of alkyl halides is 3. The van der Waals surface area contributed by atoms with Gasteiger partial charge in [-0.1, -0.05) is 6.07 Å². The lowest BCUT2D eigenvalue weighted by Gasteiger charge is -2.13. The number of carbonyl (C=O) groups excluding carboxylic acids is 1. The summed E-state index contributed by atoms with van der Waals surface area (Å²) in [5.41, 5.74) is 1.76. The van der Waals surface area contributed by atoms with Crippen molar-refractivity contribution < 1.29 is 31.9 Å². The van der Waals surface area contributed by atoms with Crippen molar-refractivity contribution >= 4 is 16.9 Å². The Morgan fingerprint density at radius 1 is 1.14 bits per heavy atom. The molecule has 0 amide bonds. The highest BCUT2D eigenvalue weighted by atomic mass is 19.4. The maximum atomic E-state index is 12.9. The first-order chi connectivity index (χ1) is 13.8. The zero-order valence-electron chi connectivity index (χ0n) is 15.9. The van der Waals surface area contributed by atoms with E-state index in [1.54, 1.807) is 32.0 Å². The van der Waals surface area contributed by atoms with E-state index in [4.69, 9.17) is 13.9 Å². The molecule has 1 atom stereocenters. The fraction of sp³-hybridized carbons (Fsp3) is 0.318. The number of hydrogen-bond donors (Lipinski definition) is 0. The minimum absolute atomic E-state index is 0.251. The highest BCUT2D eigenvalue weighted by molar-refractivity contribution is 6.04. The molecule has 0 radical (unpaired) electrons. The van der Waals surface area contributed by atoms with Gasteiger partial charge >= 0.3 is 12.1 Å². The van der Waals surface area contributed by atoms with Crippen molar-refractivity contribution in [1.29, 1.82) is 0 Å². The number of halogens is 3. The lowest BCUT2D eigenvalue weighted by atomic mass is 10.1. The highest BCUT2D eigenvalue weighted by Crippen LogP contribution is 2.35. The number of ether oxygens (including phenoxy) is 2. The average Bonchev–Trinajstić information content (AvgIpc) is 3.19. The van der Waals surface area contributed by atoms with Gasteiger partial charge in [0.1, 0.15) is 28.8 Å². The fourth-order valence-corrected chi connectivity index (χ4v) is 3.76. The summed E-state index contributed by atoms with van der Waals surface area (Å²) in [5, 5.41) is 0.591. The van der Waals surface area contributed by atoms with Gasteiger partial charge in [-0.25, -0.2) is 4.79 Å². The predicted octanol–water partition coefficient (Wildman–Crippen LogP) is 5.48. The van der Waals surface area contributed by atoms with Gasteiger partial charge < -0.3 is 13.9 Å². The third kappa shape index (κ3) is 3.69. The third-order valence-electron chi connectivity index (χ3n) is 5.05. The first-order valence-corrected chi connectivity index (χ1v) is 9.32. The zero-order valence-corrected chi connectivity index (χ0v) is 15.9. The number of furan rings is 1. The number of benzene rings is 2. The standard InChI is InChI=1S/C22H19F3O4/c1-3-27-21(26)20-12(2)28-19-7-6-16(11-18(19)20)29-17-9-13-4-5-15(22(23,24)25)8-14(13)10-17/h4-8,11,17H,3,9-10H2,1-2H3. The van der Waals surface area contributed by atoms with E-state index in [1.807, 2.05) is 0 Å². The Kier molecular flexibility index (Phi) is 4.76. The molecule has 1 heterocycles. The van der Waals surface area contributed by atoms with Crippen molar-refractivity contribution in [3.8, 4) is 5.75 Å². The van der Waals surface area contributed by atoms with Gasteiger partial charge in [0.05, 0.1) is 12.2 Å². The van der Waals surface area contributed by atoms with Crippen LogP contribution in [0.15, 0.2) is 40.8 Å². The number of carbonyl (C=O) groups is 1. The Hall–Kier alpha value is -2.96. The first kappa shape index (κ1) is 19.4. The molecule has 4 nitrogen and oxygen atoms in total. The Bertz CT molecular complexity index is 1080. The molecule has 0 spiro atoms. The molecule has 0 bridgehead atoms. The van der Waals surface area contributed by atoms with E-state index < -0.39 is 17.7 Å². The molecule has 1 aliphatic carbocycles. The molecule has 1 aliphatic rings. The highest BCUT2D eigenvalue weighted by Gasteiger charge is 2.33. The predicted molar refractivity (Wildman–Crippen MR) is 100 cm³/mol. The van der Waals surface area contributed by atoms with Crippen molar-refractivity contribution in [2.45, 2.75) is 39.0 Å². The van der Waals surface area contributed by atoms with Crippen LogP contribution in [0.1, 0.15) is 39.7 Å². The van der Waals surface area contributed by atoms with Crippen LogP contribution in [0, 0.1) is 6.92 Å². The molecule has 152 valence electrons. The summed E-state index contributed by atoms with van der Waals surface area (Å²) in [4.78, 5) is 12.2. The summed E-state index contributed by atoms with van der Waals surface area (Å²) in [5.74, 6) is 0.523. The summed E-state index contributed by atoms with van der Waals surface area (Å²) in [6, 6.07) is 8.97. The van der Waals surface area contributed by atoms with E-state index in [9.17, 15) is 18.0 Å². The summed E-state index contributed by atoms with van der Waals surface area (Å²) in [7, 11) is 0. The smallest absolute Gasteiger partial charge is 0.416 e. The van der Waals surface area contributed by atoms with Crippen LogP contribution in [0.2, 0.25) is 0 Å². The van der Waals surface area contributed by atoms with Gasteiger partial charge in [-0.05, 0) is 55.3 Å². The number of rotatable bonds is 4. The van der Waals surface area contributed by atoms with E-state index in [1.165, 1.54) is 12.1 Å². The molecule has 7 heteroatoms. The number of esters is 1. The van der Waals surface area contributed by atoms with Gasteiger partial charge in [0, 0.05) is 18.2 Å². The Morgan fingerprint density at radius 3 is 2.62 bits per heavy atom. The normalized spacial score (nSPS) is 16.1. The summed E-state index contributed by atoms with van der Waals surface area (Å²) >= 11 is 0. The van der Waals surface area contributed by atoms with Crippen LogP contribution in [0.4, 0.5) is 13.2 Å². The molecule has 1 unspecified atom stereocenters. The fourth-order valence-electron chi connectivity index (χ4n) is 3.76. The van der Waals surface area contributed by atoms with Gasteiger partial charge in [0.2, 0.25) is 0 Å². The van der Waals surface area contributed by atoms with Gasteiger partial charge in [0.15, 0.2) is 0 Å². The Labute approximate surface area is 165 Å². The van der Waals surface area contributed by atoms with Crippen molar-refractivity contribution in [2.24, 2.45) is 0 Å². The van der Waals surface area contributed by atoms with E-state index in [2.05, 4.69) is 0 Å². The molecule has 0 aliphatic heterocycles.